The van der Waals surface area contributed by atoms with Gasteiger partial charge in [0, 0.05) is 16.1 Å². The molecule has 182 valence electrons. The molecule has 1 atom stereocenters. The second-order valence-electron chi connectivity index (χ2n) is 7.98. The minimum absolute atomic E-state index is 0.0546. The molecule has 1 aliphatic rings. The van der Waals surface area contributed by atoms with Crippen molar-refractivity contribution in [3.05, 3.63) is 88.5 Å². The van der Waals surface area contributed by atoms with E-state index in [2.05, 4.69) is 4.98 Å². The van der Waals surface area contributed by atoms with Crippen molar-refractivity contribution in [3.63, 3.8) is 0 Å². The molecule has 0 bridgehead atoms. The van der Waals surface area contributed by atoms with Crippen molar-refractivity contribution in [2.45, 2.75) is 13.0 Å². The number of halogens is 1. The number of nitrogens with zero attached hydrogens (tertiary/aromatic N) is 2. The number of carbonyl (C=O) groups is 2. The van der Waals surface area contributed by atoms with Crippen LogP contribution in [0.15, 0.2) is 72.3 Å². The van der Waals surface area contributed by atoms with Crippen molar-refractivity contribution in [3.8, 4) is 11.5 Å². The molecule has 1 aromatic heterocycles. The molecule has 0 unspecified atom stereocenters. The molecule has 4 aromatic rings. The average molecular weight is 521 g/mol. The summed E-state index contributed by atoms with van der Waals surface area (Å²) < 4.78 is 12.0. The highest BCUT2D eigenvalue weighted by molar-refractivity contribution is 7.22. The van der Waals surface area contributed by atoms with E-state index in [1.807, 2.05) is 25.1 Å². The minimum atomic E-state index is -0.955. The number of benzene rings is 3. The van der Waals surface area contributed by atoms with Crippen molar-refractivity contribution in [2.24, 2.45) is 0 Å². The monoisotopic (exact) mass is 520 g/mol. The van der Waals surface area contributed by atoms with Gasteiger partial charge in [0.05, 0.1) is 29.5 Å². The van der Waals surface area contributed by atoms with Gasteiger partial charge in [0.15, 0.2) is 5.13 Å². The second-order valence-corrected chi connectivity index (χ2v) is 9.42. The number of ether oxygens (including phenoxy) is 2. The van der Waals surface area contributed by atoms with Crippen molar-refractivity contribution in [2.75, 3.05) is 18.6 Å². The highest BCUT2D eigenvalue weighted by atomic mass is 35.5. The third-order valence-corrected chi connectivity index (χ3v) is 7.13. The van der Waals surface area contributed by atoms with Crippen LogP contribution in [0.1, 0.15) is 24.1 Å². The Hall–Kier alpha value is -3.88. The summed E-state index contributed by atoms with van der Waals surface area (Å²) in [5.74, 6) is -0.747. The Morgan fingerprint density at radius 1 is 1.11 bits per heavy atom. The molecule has 9 heteroatoms. The highest BCUT2D eigenvalue weighted by Gasteiger charge is 2.49. The van der Waals surface area contributed by atoms with E-state index < -0.39 is 17.7 Å². The van der Waals surface area contributed by atoms with Crippen LogP contribution in [-0.4, -0.2) is 35.5 Å². The molecule has 1 saturated heterocycles. The van der Waals surface area contributed by atoms with Crippen molar-refractivity contribution < 1.29 is 24.2 Å². The van der Waals surface area contributed by atoms with E-state index in [0.29, 0.717) is 44.9 Å². The summed E-state index contributed by atoms with van der Waals surface area (Å²) in [4.78, 5) is 32.8. The van der Waals surface area contributed by atoms with Crippen LogP contribution in [0, 0.1) is 0 Å². The number of amides is 1. The van der Waals surface area contributed by atoms with Crippen LogP contribution < -0.4 is 14.4 Å². The van der Waals surface area contributed by atoms with Gasteiger partial charge in [-0.15, -0.1) is 0 Å². The zero-order chi connectivity index (χ0) is 25.4. The Bertz CT molecular complexity index is 1510. The summed E-state index contributed by atoms with van der Waals surface area (Å²) in [6.45, 7) is 2.42. The van der Waals surface area contributed by atoms with Gasteiger partial charge in [-0.25, -0.2) is 4.98 Å². The Morgan fingerprint density at radius 3 is 2.58 bits per heavy atom. The molecule has 0 spiro atoms. The summed E-state index contributed by atoms with van der Waals surface area (Å²) in [6.07, 6.45) is 0. The molecular formula is C27H21ClN2O5S. The molecule has 0 radical (unpaired) electrons. The number of rotatable bonds is 6. The molecule has 1 fully saturated rings. The summed E-state index contributed by atoms with van der Waals surface area (Å²) >= 11 is 7.27. The molecule has 3 aromatic carbocycles. The first kappa shape index (κ1) is 23.8. The first-order valence-corrected chi connectivity index (χ1v) is 12.4. The third kappa shape index (κ3) is 4.08. The quantitative estimate of drug-likeness (QED) is 0.191. The molecule has 0 aliphatic carbocycles. The van der Waals surface area contributed by atoms with Gasteiger partial charge in [-0.05, 0) is 55.5 Å². The lowest BCUT2D eigenvalue weighted by Crippen LogP contribution is -2.29. The fourth-order valence-electron chi connectivity index (χ4n) is 4.23. The van der Waals surface area contributed by atoms with Crippen molar-refractivity contribution in [1.82, 2.24) is 4.98 Å². The zero-order valence-electron chi connectivity index (χ0n) is 19.4. The predicted molar refractivity (Wildman–Crippen MR) is 140 cm³/mol. The van der Waals surface area contributed by atoms with E-state index in [4.69, 9.17) is 21.1 Å². The number of hydrogen-bond acceptors (Lipinski definition) is 7. The normalized spacial score (nSPS) is 17.1. The number of thiazole rings is 1. The third-order valence-electron chi connectivity index (χ3n) is 5.86. The van der Waals surface area contributed by atoms with Gasteiger partial charge in [-0.1, -0.05) is 41.1 Å². The number of hydrogen-bond donors (Lipinski definition) is 1. The number of methoxy groups -OCH3 is 1. The lowest BCUT2D eigenvalue weighted by atomic mass is 9.95. The second kappa shape index (κ2) is 9.64. The fraction of sp³-hybridized carbons (Fsp3) is 0.148. The summed E-state index contributed by atoms with van der Waals surface area (Å²) in [5.41, 5.74) is 1.52. The number of aromatic nitrogens is 1. The molecule has 1 aliphatic heterocycles. The average Bonchev–Trinajstić information content (AvgIpc) is 3.42. The number of anilines is 1. The van der Waals surface area contributed by atoms with Crippen LogP contribution in [0.2, 0.25) is 5.02 Å². The van der Waals surface area contributed by atoms with Gasteiger partial charge in [-0.2, -0.15) is 0 Å². The number of carbonyl (C=O) groups excluding carboxylic acids is 2. The van der Waals surface area contributed by atoms with E-state index in [-0.39, 0.29) is 11.3 Å². The lowest BCUT2D eigenvalue weighted by Gasteiger charge is -2.24. The fourth-order valence-corrected chi connectivity index (χ4v) is 5.38. The number of para-hydroxylation sites is 1. The Labute approximate surface area is 216 Å². The first-order valence-electron chi connectivity index (χ1n) is 11.2. The van der Waals surface area contributed by atoms with Crippen LogP contribution in [0.3, 0.4) is 0 Å². The summed E-state index contributed by atoms with van der Waals surface area (Å²) in [7, 11) is 1.51. The van der Waals surface area contributed by atoms with Crippen LogP contribution in [-0.2, 0) is 9.59 Å². The molecule has 1 amide bonds. The van der Waals surface area contributed by atoms with Crippen LogP contribution in [0.5, 0.6) is 11.5 Å². The Kier molecular flexibility index (Phi) is 6.38. The molecule has 7 nitrogen and oxygen atoms in total. The van der Waals surface area contributed by atoms with Gasteiger partial charge >= 0.3 is 5.91 Å². The minimum Gasteiger partial charge on any atom is -0.507 e. The highest BCUT2D eigenvalue weighted by Crippen LogP contribution is 2.46. The summed E-state index contributed by atoms with van der Waals surface area (Å²) in [6, 6.07) is 18.0. The molecule has 0 saturated carbocycles. The van der Waals surface area contributed by atoms with Gasteiger partial charge in [0.25, 0.3) is 5.78 Å². The molecule has 1 N–H and O–H groups in total. The van der Waals surface area contributed by atoms with E-state index in [9.17, 15) is 14.7 Å². The maximum atomic E-state index is 13.4. The maximum Gasteiger partial charge on any atom is 0.301 e. The molecular weight excluding hydrogens is 500 g/mol. The molecule has 5 rings (SSSR count). The maximum absolute atomic E-state index is 13.4. The summed E-state index contributed by atoms with van der Waals surface area (Å²) in [5, 5.41) is 12.1. The van der Waals surface area contributed by atoms with E-state index >= 15 is 0 Å². The smallest absolute Gasteiger partial charge is 0.301 e. The molecule has 36 heavy (non-hydrogen) atoms. The number of aliphatic hydroxyl groups is 1. The number of aliphatic hydroxyl groups excluding tert-OH is 1. The zero-order valence-corrected chi connectivity index (χ0v) is 21.0. The number of fused-ring (bicyclic) bond motifs is 1. The topological polar surface area (TPSA) is 89.0 Å². The number of ketones is 1. The number of Topliss-reactive ketones (excluding diaryl/α,β-unsaturated/α-hetero) is 1. The van der Waals surface area contributed by atoms with Crippen LogP contribution in [0.25, 0.3) is 16.0 Å². The Balaban J connectivity index is 1.72. The Morgan fingerprint density at radius 2 is 1.86 bits per heavy atom. The van der Waals surface area contributed by atoms with E-state index in [0.717, 1.165) is 4.70 Å². The SMILES string of the molecule is CCOc1ccc2nc(N3C(=O)C(=O)C(=C(O)c4ccc(Cl)cc4)[C@@H]3c3ccccc3OC)sc2c1. The lowest BCUT2D eigenvalue weighted by molar-refractivity contribution is -0.132. The predicted octanol–water partition coefficient (Wildman–Crippen LogP) is 5.98. The van der Waals surface area contributed by atoms with Crippen LogP contribution in [0.4, 0.5) is 5.13 Å². The van der Waals surface area contributed by atoms with Gasteiger partial charge < -0.3 is 14.6 Å². The standard InChI is InChI=1S/C27H21ClN2O5S/c1-3-35-17-12-13-19-21(14-17)36-27(29-19)30-23(18-6-4-5-7-20(18)34-2)22(25(32)26(30)33)24(31)15-8-10-16(28)11-9-15/h4-14,23,31H,3H2,1-2H3/t23-/m0/s1. The molecule has 2 heterocycles. The van der Waals surface area contributed by atoms with Crippen LogP contribution >= 0.6 is 22.9 Å². The van der Waals surface area contributed by atoms with E-state index in [1.54, 1.807) is 48.5 Å². The van der Waals surface area contributed by atoms with Crippen molar-refractivity contribution in [1.29, 1.82) is 0 Å². The van der Waals surface area contributed by atoms with Gasteiger partial charge in [0.2, 0.25) is 0 Å². The van der Waals surface area contributed by atoms with Crippen molar-refractivity contribution >= 4 is 55.7 Å². The van der Waals surface area contributed by atoms with Gasteiger partial charge in [0.1, 0.15) is 23.3 Å². The van der Waals surface area contributed by atoms with Gasteiger partial charge in [-0.3, -0.25) is 14.5 Å². The first-order chi connectivity index (χ1) is 17.4. The van der Waals surface area contributed by atoms with E-state index in [1.165, 1.54) is 23.3 Å². The largest absolute Gasteiger partial charge is 0.507 e.